The molecule has 3 aliphatic rings. The van der Waals surface area contributed by atoms with E-state index >= 15 is 0 Å². The Hall–Kier alpha value is -1.82. The third-order valence-electron chi connectivity index (χ3n) is 7.69. The van der Waals surface area contributed by atoms with E-state index < -0.39 is 32.9 Å². The molecule has 1 saturated carbocycles. The molecule has 2 aromatic rings. The van der Waals surface area contributed by atoms with E-state index in [-0.39, 0.29) is 18.9 Å². The highest BCUT2D eigenvalue weighted by molar-refractivity contribution is 14.2. The molecule has 2 aliphatic heterocycles. The third-order valence-corrected chi connectivity index (χ3v) is 10.5. The SMILES string of the molecule is CN(C)C1=NC=C(C(CNC(O)c2cccc3nc(CCCC4CC4)ccc23)N2CCC(F)(F)CC2)C=I1. The predicted octanol–water partition coefficient (Wildman–Crippen LogP) is 5.24. The van der Waals surface area contributed by atoms with Gasteiger partial charge in [-0.15, -0.1) is 0 Å². The average molecular weight is 638 g/mol. The largest absolute Gasteiger partial charge is 0.374 e. The van der Waals surface area contributed by atoms with E-state index in [0.29, 0.717) is 19.6 Å². The van der Waals surface area contributed by atoms with Gasteiger partial charge in [0.25, 0.3) is 5.92 Å². The van der Waals surface area contributed by atoms with E-state index in [4.69, 9.17) is 4.98 Å². The van der Waals surface area contributed by atoms with Crippen LogP contribution < -0.4 is 5.32 Å². The van der Waals surface area contributed by atoms with Crippen molar-refractivity contribution in [3.63, 3.8) is 0 Å². The average Bonchev–Trinajstić information content (AvgIpc) is 3.73. The van der Waals surface area contributed by atoms with Gasteiger partial charge in [0.1, 0.15) is 6.23 Å². The maximum absolute atomic E-state index is 13.9. The summed E-state index contributed by atoms with van der Waals surface area (Å²) >= 11 is -0.402. The van der Waals surface area contributed by atoms with Crippen LogP contribution in [0.5, 0.6) is 0 Å². The number of hydrogen-bond donors (Lipinski definition) is 2. The molecule has 1 aromatic heterocycles. The van der Waals surface area contributed by atoms with Gasteiger partial charge in [-0.05, 0) is 61.2 Å². The van der Waals surface area contributed by atoms with E-state index in [1.54, 1.807) is 0 Å². The van der Waals surface area contributed by atoms with Crippen LogP contribution in [0, 0.1) is 5.92 Å². The zero-order valence-electron chi connectivity index (χ0n) is 22.2. The summed E-state index contributed by atoms with van der Waals surface area (Å²) in [4.78, 5) is 13.7. The maximum Gasteiger partial charge on any atom is 0.250 e. The molecule has 206 valence electrons. The van der Waals surface area contributed by atoms with Crippen molar-refractivity contribution in [3.05, 3.63) is 53.4 Å². The second kappa shape index (κ2) is 12.1. The van der Waals surface area contributed by atoms with Gasteiger partial charge in [0.15, 0.2) is 3.84 Å². The zero-order valence-corrected chi connectivity index (χ0v) is 24.4. The lowest BCUT2D eigenvalue weighted by atomic mass is 10.0. The first-order valence-electron chi connectivity index (χ1n) is 13.6. The fourth-order valence-electron chi connectivity index (χ4n) is 5.20. The Morgan fingerprint density at radius 1 is 1.18 bits per heavy atom. The lowest BCUT2D eigenvalue weighted by Gasteiger charge is -2.38. The van der Waals surface area contributed by atoms with E-state index in [1.165, 1.54) is 25.7 Å². The number of aryl methyl sites for hydroxylation is 1. The molecule has 2 unspecified atom stereocenters. The fourth-order valence-corrected chi connectivity index (χ4v) is 7.27. The number of nitrogens with one attached hydrogen (secondary N) is 1. The summed E-state index contributed by atoms with van der Waals surface area (Å²) in [5.41, 5.74) is 3.82. The number of aromatic nitrogens is 1. The molecule has 2 N–H and O–H groups in total. The van der Waals surface area contributed by atoms with E-state index in [0.717, 1.165) is 43.9 Å². The van der Waals surface area contributed by atoms with Crippen LogP contribution >= 0.6 is 20.7 Å². The molecule has 5 rings (SSSR count). The van der Waals surface area contributed by atoms with Gasteiger partial charge < -0.3 is 10.0 Å². The van der Waals surface area contributed by atoms with Crippen molar-refractivity contribution in [2.24, 2.45) is 10.9 Å². The van der Waals surface area contributed by atoms with Crippen LogP contribution in [0.4, 0.5) is 8.78 Å². The molecule has 9 heteroatoms. The Bertz CT molecular complexity index is 1220. The Morgan fingerprint density at radius 3 is 2.66 bits per heavy atom. The van der Waals surface area contributed by atoms with Gasteiger partial charge >= 0.3 is 0 Å². The van der Waals surface area contributed by atoms with E-state index in [1.807, 2.05) is 43.4 Å². The second-order valence-corrected chi connectivity index (χ2v) is 13.1. The van der Waals surface area contributed by atoms with Crippen LogP contribution in [0.25, 0.3) is 10.9 Å². The Kier molecular flexibility index (Phi) is 8.86. The van der Waals surface area contributed by atoms with Gasteiger partial charge in [-0.1, -0.05) is 37.5 Å². The number of piperidine rings is 1. The van der Waals surface area contributed by atoms with Crippen molar-refractivity contribution >= 4 is 39.5 Å². The number of benzene rings is 1. The quantitative estimate of drug-likeness (QED) is 0.212. The first-order valence-corrected chi connectivity index (χ1v) is 16.0. The summed E-state index contributed by atoms with van der Waals surface area (Å²) in [6, 6.07) is 9.88. The number of fused-ring (bicyclic) bond motifs is 1. The number of alkyl halides is 2. The lowest BCUT2D eigenvalue weighted by molar-refractivity contribution is -0.0605. The highest BCUT2D eigenvalue weighted by Gasteiger charge is 2.37. The van der Waals surface area contributed by atoms with Crippen LogP contribution in [-0.2, 0) is 6.42 Å². The number of amidine groups is 1. The molecule has 3 heterocycles. The minimum absolute atomic E-state index is 0.126. The number of hydrogen-bond acceptors (Lipinski definition) is 6. The summed E-state index contributed by atoms with van der Waals surface area (Å²) in [6.45, 7) is 1.09. The number of rotatable bonds is 10. The molecule has 0 radical (unpaired) electrons. The number of likely N-dealkylation sites (tertiary alicyclic amines) is 1. The van der Waals surface area contributed by atoms with Crippen LogP contribution in [-0.4, -0.2) is 73.4 Å². The van der Waals surface area contributed by atoms with Crippen molar-refractivity contribution in [2.45, 2.75) is 63.1 Å². The van der Waals surface area contributed by atoms with Crippen molar-refractivity contribution < 1.29 is 13.9 Å². The van der Waals surface area contributed by atoms with Crippen molar-refractivity contribution in [3.8, 4) is 0 Å². The fraction of sp³-hybridized carbons (Fsp3) is 0.552. The zero-order chi connectivity index (χ0) is 26.7. The van der Waals surface area contributed by atoms with Crippen LogP contribution in [0.15, 0.2) is 47.1 Å². The molecule has 2 fully saturated rings. The summed E-state index contributed by atoms with van der Waals surface area (Å²) in [7, 11) is 3.98. The van der Waals surface area contributed by atoms with Crippen molar-refractivity contribution in [2.75, 3.05) is 33.7 Å². The Balaban J connectivity index is 1.29. The number of pyridine rings is 1. The van der Waals surface area contributed by atoms with Gasteiger partial charge in [-0.25, -0.2) is 13.8 Å². The van der Waals surface area contributed by atoms with Gasteiger partial charge in [0, 0.05) is 75.5 Å². The molecule has 0 spiro atoms. The minimum Gasteiger partial charge on any atom is -0.374 e. The van der Waals surface area contributed by atoms with Crippen LogP contribution in [0.2, 0.25) is 0 Å². The molecule has 38 heavy (non-hydrogen) atoms. The number of nitrogens with zero attached hydrogens (tertiary/aromatic N) is 4. The highest BCUT2D eigenvalue weighted by Crippen LogP contribution is 2.34. The molecule has 0 bridgehead atoms. The smallest absolute Gasteiger partial charge is 0.250 e. The maximum atomic E-state index is 13.9. The molecule has 1 aromatic carbocycles. The van der Waals surface area contributed by atoms with E-state index in [2.05, 4.69) is 31.4 Å². The lowest BCUT2D eigenvalue weighted by Crippen LogP contribution is -2.50. The molecule has 1 saturated heterocycles. The third kappa shape index (κ3) is 7.03. The number of halogens is 3. The first-order chi connectivity index (χ1) is 18.3. The van der Waals surface area contributed by atoms with Gasteiger partial charge in [0.05, 0.1) is 5.52 Å². The van der Waals surface area contributed by atoms with Crippen molar-refractivity contribution in [1.29, 1.82) is 0 Å². The molecule has 1 aliphatic carbocycles. The molecular weight excluding hydrogens is 599 g/mol. The summed E-state index contributed by atoms with van der Waals surface area (Å²) in [6.07, 6.45) is 6.91. The molecule has 2 atom stereocenters. The van der Waals surface area contributed by atoms with Crippen LogP contribution in [0.3, 0.4) is 0 Å². The predicted molar refractivity (Wildman–Crippen MR) is 159 cm³/mol. The monoisotopic (exact) mass is 637 g/mol. The van der Waals surface area contributed by atoms with E-state index in [9.17, 15) is 13.9 Å². The number of aliphatic imine (C=N–C) groups is 1. The first kappa shape index (κ1) is 27.7. The topological polar surface area (TPSA) is 64.0 Å². The van der Waals surface area contributed by atoms with Gasteiger partial charge in [0.2, 0.25) is 0 Å². The van der Waals surface area contributed by atoms with Crippen LogP contribution in [0.1, 0.15) is 56.0 Å². The Labute approximate surface area is 234 Å². The van der Waals surface area contributed by atoms with Gasteiger partial charge in [-0.3, -0.25) is 15.2 Å². The van der Waals surface area contributed by atoms with Crippen molar-refractivity contribution in [1.82, 2.24) is 20.1 Å². The summed E-state index contributed by atoms with van der Waals surface area (Å²) in [5, 5.41) is 15.4. The molecular formula is C29H38F2IN5O. The minimum atomic E-state index is -2.60. The summed E-state index contributed by atoms with van der Waals surface area (Å²) in [5.74, 6) is -1.67. The van der Waals surface area contributed by atoms with Gasteiger partial charge in [-0.2, -0.15) is 0 Å². The number of aliphatic hydroxyl groups excluding tert-OH is 1. The standard InChI is InChI=1S/C29H38F2IN5O/c1-36(2)28-32-17-21(18-34-28)26(37-15-13-29(30,31)14-16-37)19-33-27(38)24-7-4-8-25-23(24)12-11-22(35-25)6-3-5-20-9-10-20/h4,7-8,11-12,17-18,20,26-27,33,38H,3,5-6,9-10,13-16,19H2,1-2H3. The highest BCUT2D eigenvalue weighted by atomic mass is 127. The second-order valence-electron chi connectivity index (χ2n) is 10.9. The molecule has 0 amide bonds. The number of aliphatic hydroxyl groups is 1. The summed E-state index contributed by atoms with van der Waals surface area (Å²) < 4.78 is 31.1. The normalized spacial score (nSPS) is 21.4. The Morgan fingerprint density at radius 2 is 1.97 bits per heavy atom. The molecule has 6 nitrogen and oxygen atoms in total.